The first-order valence-corrected chi connectivity index (χ1v) is 11.7. The summed E-state index contributed by atoms with van der Waals surface area (Å²) in [4.78, 5) is 0. The van der Waals surface area contributed by atoms with Gasteiger partial charge in [0.05, 0.1) is 37.0 Å². The zero-order valence-corrected chi connectivity index (χ0v) is 19.6. The second-order valence-corrected chi connectivity index (χ2v) is 9.80. The number of rotatable bonds is 7. The van der Waals surface area contributed by atoms with Crippen LogP contribution in [0.4, 0.5) is 0 Å². The van der Waals surface area contributed by atoms with Crippen LogP contribution in [0.2, 0.25) is 0 Å². The smallest absolute Gasteiger partial charge is 0.185 e. The summed E-state index contributed by atoms with van der Waals surface area (Å²) < 4.78 is 24.1. The van der Waals surface area contributed by atoms with Gasteiger partial charge < -0.3 is 57.0 Å². The summed E-state index contributed by atoms with van der Waals surface area (Å²) in [6.07, 6.45) is -0.752. The highest BCUT2D eigenvalue weighted by molar-refractivity contribution is 4.99. The first-order valence-electron chi connectivity index (χ1n) is 11.7. The monoisotopic (exact) mass is 461 g/mol. The van der Waals surface area contributed by atoms with Crippen LogP contribution in [0, 0.1) is 0 Å². The SMILES string of the molecule is CNC(C)C1CCC(N)C(OC2CC(OC3OCC(C)(O)C(NC)C3O)C(N)CC2N)O1. The van der Waals surface area contributed by atoms with Crippen molar-refractivity contribution in [3.63, 3.8) is 0 Å². The highest BCUT2D eigenvalue weighted by Gasteiger charge is 2.48. The molecule has 12 unspecified atom stereocenters. The molecule has 0 amide bonds. The molecule has 2 aliphatic heterocycles. The summed E-state index contributed by atoms with van der Waals surface area (Å²) in [7, 11) is 3.58. The minimum Gasteiger partial charge on any atom is -0.386 e. The number of aliphatic hydroxyl groups is 2. The molecule has 0 spiro atoms. The Morgan fingerprint density at radius 1 is 1.00 bits per heavy atom. The summed E-state index contributed by atoms with van der Waals surface area (Å²) in [5.74, 6) is 0. The normalized spacial score (nSPS) is 49.0. The van der Waals surface area contributed by atoms with Crippen molar-refractivity contribution in [3.8, 4) is 0 Å². The van der Waals surface area contributed by atoms with Gasteiger partial charge in [-0.05, 0) is 47.2 Å². The van der Waals surface area contributed by atoms with Crippen LogP contribution in [-0.2, 0) is 18.9 Å². The van der Waals surface area contributed by atoms with Crippen LogP contribution in [0.5, 0.6) is 0 Å². The van der Waals surface area contributed by atoms with Crippen LogP contribution in [0.1, 0.15) is 39.5 Å². The molecular weight excluding hydrogens is 418 g/mol. The third-order valence-electron chi connectivity index (χ3n) is 7.18. The predicted octanol–water partition coefficient (Wildman–Crippen LogP) is -2.30. The van der Waals surface area contributed by atoms with Gasteiger partial charge in [0.25, 0.3) is 0 Å². The quantitative estimate of drug-likeness (QED) is 0.217. The molecule has 188 valence electrons. The zero-order chi connectivity index (χ0) is 23.6. The molecule has 0 radical (unpaired) electrons. The fourth-order valence-electron chi connectivity index (χ4n) is 4.94. The van der Waals surface area contributed by atoms with E-state index in [4.69, 9.17) is 36.1 Å². The number of hydrogen-bond donors (Lipinski definition) is 7. The molecule has 2 saturated heterocycles. The molecule has 2 heterocycles. The minimum atomic E-state index is -1.22. The van der Waals surface area contributed by atoms with Gasteiger partial charge in [0.1, 0.15) is 11.7 Å². The Morgan fingerprint density at radius 3 is 2.22 bits per heavy atom. The van der Waals surface area contributed by atoms with Gasteiger partial charge in [-0.2, -0.15) is 0 Å². The summed E-state index contributed by atoms with van der Waals surface area (Å²) >= 11 is 0. The van der Waals surface area contributed by atoms with Gasteiger partial charge in [-0.1, -0.05) is 0 Å². The third-order valence-corrected chi connectivity index (χ3v) is 7.18. The Balaban J connectivity index is 1.62. The lowest BCUT2D eigenvalue weighted by Crippen LogP contribution is -2.66. The van der Waals surface area contributed by atoms with Gasteiger partial charge in [-0.3, -0.25) is 0 Å². The second kappa shape index (κ2) is 10.9. The van der Waals surface area contributed by atoms with Crippen LogP contribution in [0.3, 0.4) is 0 Å². The molecule has 0 bridgehead atoms. The molecule has 3 fully saturated rings. The van der Waals surface area contributed by atoms with Crippen molar-refractivity contribution in [1.29, 1.82) is 0 Å². The number of nitrogens with one attached hydrogen (secondary N) is 2. The van der Waals surface area contributed by atoms with Crippen LogP contribution < -0.4 is 27.8 Å². The van der Waals surface area contributed by atoms with Crippen molar-refractivity contribution < 1.29 is 29.2 Å². The van der Waals surface area contributed by atoms with E-state index in [0.717, 1.165) is 12.8 Å². The van der Waals surface area contributed by atoms with E-state index in [1.54, 1.807) is 14.0 Å². The van der Waals surface area contributed by atoms with Gasteiger partial charge in [-0.15, -0.1) is 0 Å². The fraction of sp³-hybridized carbons (Fsp3) is 1.00. The maximum atomic E-state index is 10.7. The molecule has 11 heteroatoms. The number of hydrogen-bond acceptors (Lipinski definition) is 11. The molecule has 3 aliphatic rings. The summed E-state index contributed by atoms with van der Waals surface area (Å²) in [5, 5.41) is 27.3. The molecule has 1 saturated carbocycles. The lowest BCUT2D eigenvalue weighted by atomic mass is 9.86. The van der Waals surface area contributed by atoms with Crippen LogP contribution in [0.15, 0.2) is 0 Å². The Morgan fingerprint density at radius 2 is 1.62 bits per heavy atom. The van der Waals surface area contributed by atoms with E-state index in [9.17, 15) is 10.2 Å². The van der Waals surface area contributed by atoms with E-state index in [0.29, 0.717) is 12.8 Å². The molecule has 10 N–H and O–H groups in total. The maximum absolute atomic E-state index is 10.7. The van der Waals surface area contributed by atoms with Crippen LogP contribution >= 0.6 is 0 Å². The van der Waals surface area contributed by atoms with Crippen LogP contribution in [0.25, 0.3) is 0 Å². The first-order chi connectivity index (χ1) is 15.1. The van der Waals surface area contributed by atoms with Crippen molar-refractivity contribution in [2.24, 2.45) is 17.2 Å². The third kappa shape index (κ3) is 5.78. The Labute approximate surface area is 190 Å². The largest absolute Gasteiger partial charge is 0.386 e. The van der Waals surface area contributed by atoms with Crippen molar-refractivity contribution >= 4 is 0 Å². The van der Waals surface area contributed by atoms with Gasteiger partial charge >= 0.3 is 0 Å². The molecular formula is C21H43N5O6. The number of aliphatic hydroxyl groups excluding tert-OH is 1. The van der Waals surface area contributed by atoms with Crippen molar-refractivity contribution in [1.82, 2.24) is 10.6 Å². The van der Waals surface area contributed by atoms with Gasteiger partial charge in [0, 0.05) is 24.5 Å². The topological polar surface area (TPSA) is 180 Å². The molecule has 1 aliphatic carbocycles. The van der Waals surface area contributed by atoms with E-state index in [2.05, 4.69) is 17.6 Å². The van der Waals surface area contributed by atoms with E-state index in [-0.39, 0.29) is 43.0 Å². The summed E-state index contributed by atoms with van der Waals surface area (Å²) in [5.41, 5.74) is 17.8. The maximum Gasteiger partial charge on any atom is 0.185 e. The zero-order valence-electron chi connectivity index (χ0n) is 19.6. The Bertz CT molecular complexity index is 601. The number of nitrogens with two attached hydrogens (primary N) is 3. The van der Waals surface area contributed by atoms with Gasteiger partial charge in [0.2, 0.25) is 0 Å². The van der Waals surface area contributed by atoms with Crippen molar-refractivity contribution in [2.75, 3.05) is 20.7 Å². The Kier molecular flexibility index (Phi) is 8.89. The van der Waals surface area contributed by atoms with E-state index in [1.807, 2.05) is 7.05 Å². The lowest BCUT2D eigenvalue weighted by molar-refractivity contribution is -0.291. The average Bonchev–Trinajstić information content (AvgIpc) is 2.74. The summed E-state index contributed by atoms with van der Waals surface area (Å²) in [6, 6.07) is -1.28. The molecule has 32 heavy (non-hydrogen) atoms. The average molecular weight is 462 g/mol. The van der Waals surface area contributed by atoms with E-state index < -0.39 is 36.4 Å². The lowest BCUT2D eigenvalue weighted by Gasteiger charge is -2.47. The highest BCUT2D eigenvalue weighted by Crippen LogP contribution is 2.31. The molecule has 0 aromatic carbocycles. The van der Waals surface area contributed by atoms with Gasteiger partial charge in [-0.25, -0.2) is 0 Å². The molecule has 12 atom stereocenters. The summed E-state index contributed by atoms with van der Waals surface area (Å²) in [6.45, 7) is 3.70. The fourth-order valence-corrected chi connectivity index (χ4v) is 4.94. The van der Waals surface area contributed by atoms with E-state index >= 15 is 0 Å². The second-order valence-electron chi connectivity index (χ2n) is 9.80. The first kappa shape index (κ1) is 26.2. The predicted molar refractivity (Wildman–Crippen MR) is 119 cm³/mol. The number of ether oxygens (including phenoxy) is 4. The molecule has 0 aromatic rings. The highest BCUT2D eigenvalue weighted by atomic mass is 16.7. The Hall–Kier alpha value is -0.440. The molecule has 3 rings (SSSR count). The number of likely N-dealkylation sites (N-methyl/N-ethyl adjacent to an activating group) is 2. The standard InChI is InChI=1S/C21H43N5O6/c1-10(25-3)14-6-5-11(22)19(30-14)31-15-8-16(13(24)7-12(15)23)32-20-17(27)18(26-4)21(2,28)9-29-20/h10-20,25-28H,5-9,22-24H2,1-4H3. The molecule has 11 nitrogen and oxygen atoms in total. The minimum absolute atomic E-state index is 0.0102. The molecule has 0 aromatic heterocycles. The van der Waals surface area contributed by atoms with Crippen molar-refractivity contribution in [2.45, 2.75) is 112 Å². The van der Waals surface area contributed by atoms with E-state index in [1.165, 1.54) is 0 Å². The van der Waals surface area contributed by atoms with Gasteiger partial charge in [0.15, 0.2) is 12.6 Å². The van der Waals surface area contributed by atoms with Crippen LogP contribution in [-0.4, -0.2) is 104 Å². The van der Waals surface area contributed by atoms with Crippen molar-refractivity contribution in [3.05, 3.63) is 0 Å².